The molecule has 104 valence electrons. The van der Waals surface area contributed by atoms with Gasteiger partial charge in [0.05, 0.1) is 12.1 Å². The molecule has 3 heteroatoms. The maximum absolute atomic E-state index is 12.0. The number of unbranched alkanes of at least 4 members (excludes halogenated alkanes) is 1. The number of amides is 1. The lowest BCUT2D eigenvalue weighted by Crippen LogP contribution is -2.38. The van der Waals surface area contributed by atoms with Crippen LogP contribution >= 0.6 is 0 Å². The van der Waals surface area contributed by atoms with Crippen molar-refractivity contribution in [1.82, 2.24) is 4.90 Å². The molecule has 1 amide bonds. The highest BCUT2D eigenvalue weighted by Gasteiger charge is 2.23. The van der Waals surface area contributed by atoms with Crippen molar-refractivity contribution < 1.29 is 9.90 Å². The maximum atomic E-state index is 12.0. The highest BCUT2D eigenvalue weighted by molar-refractivity contribution is 5.76. The summed E-state index contributed by atoms with van der Waals surface area (Å²) in [4.78, 5) is 13.6. The van der Waals surface area contributed by atoms with Gasteiger partial charge in [-0.15, -0.1) is 6.58 Å². The molecule has 19 heavy (non-hydrogen) atoms. The molecule has 1 aromatic rings. The Bertz CT molecular complexity index is 402. The third-order valence-corrected chi connectivity index (χ3v) is 3.40. The molecule has 2 atom stereocenters. The standard InChI is InChI=1S/C16H23NO2/c1-4-5-7-12-15(18)17(3)13(2)16(19)14-10-8-6-9-11-14/h4,6,8-11,13,16,19H,1,5,7,12H2,2-3H3/t13-,16+/m0/s1. The number of aliphatic hydroxyl groups is 1. The fourth-order valence-corrected chi connectivity index (χ4v) is 1.94. The predicted octanol–water partition coefficient (Wildman–Crippen LogP) is 2.92. The van der Waals surface area contributed by atoms with E-state index < -0.39 is 6.10 Å². The summed E-state index contributed by atoms with van der Waals surface area (Å²) in [5, 5.41) is 10.3. The Hall–Kier alpha value is -1.61. The molecule has 0 saturated heterocycles. The number of aliphatic hydroxyl groups excluding tert-OH is 1. The van der Waals surface area contributed by atoms with Gasteiger partial charge in [0.2, 0.25) is 5.91 Å². The quantitative estimate of drug-likeness (QED) is 0.605. The summed E-state index contributed by atoms with van der Waals surface area (Å²) in [5.74, 6) is 0.0596. The van der Waals surface area contributed by atoms with Gasteiger partial charge in [-0.3, -0.25) is 4.79 Å². The van der Waals surface area contributed by atoms with Gasteiger partial charge in [-0.25, -0.2) is 0 Å². The van der Waals surface area contributed by atoms with Gasteiger partial charge < -0.3 is 10.0 Å². The zero-order valence-corrected chi connectivity index (χ0v) is 11.7. The van der Waals surface area contributed by atoms with E-state index >= 15 is 0 Å². The largest absolute Gasteiger partial charge is 0.386 e. The SMILES string of the molecule is C=CCCCC(=O)N(C)[C@@H](C)[C@@H](O)c1ccccc1. The van der Waals surface area contributed by atoms with Gasteiger partial charge in [0.1, 0.15) is 0 Å². The molecule has 1 N–H and O–H groups in total. The zero-order valence-electron chi connectivity index (χ0n) is 11.7. The molecular weight excluding hydrogens is 238 g/mol. The summed E-state index contributed by atoms with van der Waals surface area (Å²) >= 11 is 0. The molecule has 0 unspecified atom stereocenters. The molecule has 0 aromatic heterocycles. The number of carbonyl (C=O) groups is 1. The monoisotopic (exact) mass is 261 g/mol. The van der Waals surface area contributed by atoms with Crippen molar-refractivity contribution in [1.29, 1.82) is 0 Å². The van der Waals surface area contributed by atoms with Crippen molar-refractivity contribution in [3.63, 3.8) is 0 Å². The van der Waals surface area contributed by atoms with Crippen molar-refractivity contribution in [2.24, 2.45) is 0 Å². The molecule has 0 aliphatic carbocycles. The average Bonchev–Trinajstić information content (AvgIpc) is 2.46. The fourth-order valence-electron chi connectivity index (χ4n) is 1.94. The van der Waals surface area contributed by atoms with E-state index in [2.05, 4.69) is 6.58 Å². The maximum Gasteiger partial charge on any atom is 0.222 e. The van der Waals surface area contributed by atoms with E-state index in [0.717, 1.165) is 18.4 Å². The number of rotatable bonds is 7. The van der Waals surface area contributed by atoms with E-state index in [0.29, 0.717) is 6.42 Å². The number of allylic oxidation sites excluding steroid dienone is 1. The van der Waals surface area contributed by atoms with Crippen LogP contribution in [0.5, 0.6) is 0 Å². The van der Waals surface area contributed by atoms with Crippen molar-refractivity contribution in [2.45, 2.75) is 38.3 Å². The summed E-state index contributed by atoms with van der Waals surface area (Å²) in [6.07, 6.45) is 3.30. The second-order valence-electron chi connectivity index (χ2n) is 4.78. The first kappa shape index (κ1) is 15.4. The van der Waals surface area contributed by atoms with E-state index in [1.165, 1.54) is 0 Å². The minimum absolute atomic E-state index is 0.0596. The van der Waals surface area contributed by atoms with Crippen LogP contribution in [0.15, 0.2) is 43.0 Å². The molecule has 0 bridgehead atoms. The second-order valence-corrected chi connectivity index (χ2v) is 4.78. The Morgan fingerprint density at radius 1 is 1.42 bits per heavy atom. The van der Waals surface area contributed by atoms with Gasteiger partial charge in [-0.2, -0.15) is 0 Å². The Labute approximate surface area is 115 Å². The summed E-state index contributed by atoms with van der Waals surface area (Å²) in [5.41, 5.74) is 0.834. The third-order valence-electron chi connectivity index (χ3n) is 3.40. The Kier molecular flexibility index (Phi) is 6.30. The first-order valence-electron chi connectivity index (χ1n) is 6.67. The van der Waals surface area contributed by atoms with Gasteiger partial charge in [-0.1, -0.05) is 36.4 Å². The topological polar surface area (TPSA) is 40.5 Å². The van der Waals surface area contributed by atoms with Crippen molar-refractivity contribution in [3.05, 3.63) is 48.6 Å². The molecule has 3 nitrogen and oxygen atoms in total. The van der Waals surface area contributed by atoms with Gasteiger partial charge in [0.25, 0.3) is 0 Å². The second kappa shape index (κ2) is 7.74. The number of benzene rings is 1. The van der Waals surface area contributed by atoms with Crippen LogP contribution in [0.25, 0.3) is 0 Å². The minimum atomic E-state index is -0.658. The van der Waals surface area contributed by atoms with E-state index in [1.54, 1.807) is 11.9 Å². The summed E-state index contributed by atoms with van der Waals surface area (Å²) in [6, 6.07) is 9.19. The summed E-state index contributed by atoms with van der Waals surface area (Å²) in [6.45, 7) is 5.50. The van der Waals surface area contributed by atoms with E-state index in [-0.39, 0.29) is 11.9 Å². The van der Waals surface area contributed by atoms with Crippen LogP contribution in [0.4, 0.5) is 0 Å². The van der Waals surface area contributed by atoms with Crippen LogP contribution in [0.2, 0.25) is 0 Å². The van der Waals surface area contributed by atoms with E-state index in [1.807, 2.05) is 43.3 Å². The normalized spacial score (nSPS) is 13.6. The molecule has 0 radical (unpaired) electrons. The number of carbonyl (C=O) groups excluding carboxylic acids is 1. The van der Waals surface area contributed by atoms with Gasteiger partial charge in [0.15, 0.2) is 0 Å². The number of hydrogen-bond donors (Lipinski definition) is 1. The van der Waals surface area contributed by atoms with Gasteiger partial charge in [0, 0.05) is 13.5 Å². The number of nitrogens with zero attached hydrogens (tertiary/aromatic N) is 1. The highest BCUT2D eigenvalue weighted by atomic mass is 16.3. The van der Waals surface area contributed by atoms with E-state index in [9.17, 15) is 9.90 Å². The zero-order chi connectivity index (χ0) is 14.3. The Morgan fingerprint density at radius 3 is 2.63 bits per heavy atom. The lowest BCUT2D eigenvalue weighted by Gasteiger charge is -2.29. The molecule has 0 aliphatic rings. The Morgan fingerprint density at radius 2 is 2.05 bits per heavy atom. The third kappa shape index (κ3) is 4.52. The van der Waals surface area contributed by atoms with Crippen molar-refractivity contribution in [3.8, 4) is 0 Å². The molecule has 0 fully saturated rings. The number of likely N-dealkylation sites (N-methyl/N-ethyl adjacent to an activating group) is 1. The molecule has 1 aromatic carbocycles. The molecule has 0 spiro atoms. The van der Waals surface area contributed by atoms with Crippen molar-refractivity contribution in [2.75, 3.05) is 7.05 Å². The lowest BCUT2D eigenvalue weighted by atomic mass is 10.0. The lowest BCUT2D eigenvalue weighted by molar-refractivity contribution is -0.134. The van der Waals surface area contributed by atoms with Gasteiger partial charge >= 0.3 is 0 Å². The van der Waals surface area contributed by atoms with Crippen LogP contribution in [0.3, 0.4) is 0 Å². The molecule has 0 saturated carbocycles. The van der Waals surface area contributed by atoms with Crippen LogP contribution < -0.4 is 0 Å². The van der Waals surface area contributed by atoms with Crippen LogP contribution in [-0.2, 0) is 4.79 Å². The first-order chi connectivity index (χ1) is 9.07. The van der Waals surface area contributed by atoms with Crippen LogP contribution in [0, 0.1) is 0 Å². The van der Waals surface area contributed by atoms with Gasteiger partial charge in [-0.05, 0) is 25.3 Å². The molecule has 0 heterocycles. The fraction of sp³-hybridized carbons (Fsp3) is 0.438. The molecule has 0 aliphatic heterocycles. The average molecular weight is 261 g/mol. The molecular formula is C16H23NO2. The smallest absolute Gasteiger partial charge is 0.222 e. The Balaban J connectivity index is 2.58. The summed E-state index contributed by atoms with van der Waals surface area (Å²) < 4.78 is 0. The van der Waals surface area contributed by atoms with Crippen molar-refractivity contribution >= 4 is 5.91 Å². The highest BCUT2D eigenvalue weighted by Crippen LogP contribution is 2.20. The molecule has 1 rings (SSSR count). The van der Waals surface area contributed by atoms with Crippen LogP contribution in [0.1, 0.15) is 37.9 Å². The minimum Gasteiger partial charge on any atom is -0.386 e. The number of hydrogen-bond acceptors (Lipinski definition) is 2. The first-order valence-corrected chi connectivity index (χ1v) is 6.67. The predicted molar refractivity (Wildman–Crippen MR) is 77.7 cm³/mol. The van der Waals surface area contributed by atoms with Crippen LogP contribution in [-0.4, -0.2) is 29.0 Å². The summed E-state index contributed by atoms with van der Waals surface area (Å²) in [7, 11) is 1.74. The van der Waals surface area contributed by atoms with E-state index in [4.69, 9.17) is 0 Å².